The molecule has 0 aromatic heterocycles. The van der Waals surface area contributed by atoms with Gasteiger partial charge in [-0.05, 0) is 58.5 Å². The molecule has 110 valence electrons. The van der Waals surface area contributed by atoms with Gasteiger partial charge in [0.1, 0.15) is 0 Å². The van der Waals surface area contributed by atoms with Crippen molar-refractivity contribution in [2.75, 3.05) is 32.1 Å². The van der Waals surface area contributed by atoms with Gasteiger partial charge in [-0.3, -0.25) is 4.90 Å². The Hall–Kier alpha value is 0.270. The molecule has 0 aromatic carbocycles. The van der Waals surface area contributed by atoms with Crippen LogP contribution in [0.4, 0.5) is 0 Å². The first kappa shape index (κ1) is 18.3. The molecule has 0 spiro atoms. The van der Waals surface area contributed by atoms with Crippen molar-refractivity contribution in [2.24, 2.45) is 5.92 Å². The smallest absolute Gasteiger partial charge is 0.0183 e. The molecule has 0 heterocycles. The fraction of sp³-hybridized carbons (Fsp3) is 1.00. The molecule has 1 N–H and O–H groups in total. The minimum atomic E-state index is 0.697. The highest BCUT2D eigenvalue weighted by Gasteiger charge is 2.17. The van der Waals surface area contributed by atoms with Gasteiger partial charge in [-0.25, -0.2) is 0 Å². The van der Waals surface area contributed by atoms with Crippen LogP contribution in [0.15, 0.2) is 0 Å². The second kappa shape index (κ2) is 11.1. The SMILES string of the molecule is CCC(CSC)N(C)C(C)CCCNCC(C)C. The predicted molar refractivity (Wildman–Crippen MR) is 86.6 cm³/mol. The van der Waals surface area contributed by atoms with Crippen LogP contribution in [0, 0.1) is 5.92 Å². The van der Waals surface area contributed by atoms with E-state index in [4.69, 9.17) is 0 Å². The van der Waals surface area contributed by atoms with Gasteiger partial charge in [0, 0.05) is 17.8 Å². The highest BCUT2D eigenvalue weighted by atomic mass is 32.2. The molecule has 18 heavy (non-hydrogen) atoms. The summed E-state index contributed by atoms with van der Waals surface area (Å²) in [4.78, 5) is 2.57. The Labute approximate surface area is 119 Å². The van der Waals surface area contributed by atoms with Crippen LogP contribution < -0.4 is 5.32 Å². The molecule has 2 nitrogen and oxygen atoms in total. The summed E-state index contributed by atoms with van der Waals surface area (Å²) in [5.41, 5.74) is 0. The number of nitrogens with one attached hydrogen (secondary N) is 1. The van der Waals surface area contributed by atoms with Gasteiger partial charge < -0.3 is 5.32 Å². The van der Waals surface area contributed by atoms with Crippen LogP contribution in [0.3, 0.4) is 0 Å². The van der Waals surface area contributed by atoms with E-state index in [9.17, 15) is 0 Å². The van der Waals surface area contributed by atoms with E-state index < -0.39 is 0 Å². The second-order valence-electron chi connectivity index (χ2n) is 5.77. The minimum Gasteiger partial charge on any atom is -0.316 e. The molecule has 0 aliphatic rings. The zero-order valence-electron chi connectivity index (χ0n) is 13.3. The van der Waals surface area contributed by atoms with Crippen molar-refractivity contribution < 1.29 is 0 Å². The van der Waals surface area contributed by atoms with Gasteiger partial charge in [0.15, 0.2) is 0 Å². The van der Waals surface area contributed by atoms with Gasteiger partial charge in [0.05, 0.1) is 0 Å². The lowest BCUT2D eigenvalue weighted by atomic mass is 10.1. The number of nitrogens with zero attached hydrogens (tertiary/aromatic N) is 1. The third-order valence-electron chi connectivity index (χ3n) is 3.63. The summed E-state index contributed by atoms with van der Waals surface area (Å²) in [7, 11) is 2.29. The normalized spacial score (nSPS) is 15.3. The molecule has 3 heteroatoms. The van der Waals surface area contributed by atoms with E-state index in [2.05, 4.69) is 51.2 Å². The topological polar surface area (TPSA) is 15.3 Å². The monoisotopic (exact) mass is 274 g/mol. The summed E-state index contributed by atoms with van der Waals surface area (Å²) in [6.07, 6.45) is 6.05. The highest BCUT2D eigenvalue weighted by Crippen LogP contribution is 2.14. The molecule has 0 fully saturated rings. The average molecular weight is 275 g/mol. The maximum absolute atomic E-state index is 3.52. The van der Waals surface area contributed by atoms with Crippen molar-refractivity contribution in [2.45, 2.75) is 59.0 Å². The van der Waals surface area contributed by atoms with Crippen molar-refractivity contribution in [1.82, 2.24) is 10.2 Å². The summed E-state index contributed by atoms with van der Waals surface area (Å²) >= 11 is 1.96. The van der Waals surface area contributed by atoms with Gasteiger partial charge in [-0.1, -0.05) is 20.8 Å². The van der Waals surface area contributed by atoms with E-state index in [1.54, 1.807) is 0 Å². The molecule has 0 aliphatic carbocycles. The molecule has 0 bridgehead atoms. The molecule has 2 atom stereocenters. The summed E-state index contributed by atoms with van der Waals surface area (Å²) in [5, 5.41) is 3.52. The molecule has 0 saturated heterocycles. The average Bonchev–Trinajstić information content (AvgIpc) is 2.34. The molecule has 0 saturated carbocycles. The fourth-order valence-corrected chi connectivity index (χ4v) is 3.05. The number of hydrogen-bond acceptors (Lipinski definition) is 3. The van der Waals surface area contributed by atoms with Crippen LogP contribution in [0.5, 0.6) is 0 Å². The predicted octanol–water partition coefficient (Wildman–Crippen LogP) is 3.47. The van der Waals surface area contributed by atoms with Gasteiger partial charge in [-0.15, -0.1) is 0 Å². The first-order valence-electron chi connectivity index (χ1n) is 7.44. The summed E-state index contributed by atoms with van der Waals surface area (Å²) in [6, 6.07) is 1.43. The Morgan fingerprint density at radius 2 is 1.89 bits per heavy atom. The van der Waals surface area contributed by atoms with E-state index in [-0.39, 0.29) is 0 Å². The maximum Gasteiger partial charge on any atom is 0.0183 e. The van der Waals surface area contributed by atoms with Crippen LogP contribution in [0.2, 0.25) is 0 Å². The van der Waals surface area contributed by atoms with Crippen molar-refractivity contribution in [3.05, 3.63) is 0 Å². The van der Waals surface area contributed by atoms with Gasteiger partial charge in [-0.2, -0.15) is 11.8 Å². The second-order valence-corrected chi connectivity index (χ2v) is 6.68. The Kier molecular flexibility index (Phi) is 11.3. The van der Waals surface area contributed by atoms with Gasteiger partial charge in [0.2, 0.25) is 0 Å². The Bertz CT molecular complexity index is 185. The number of hydrogen-bond donors (Lipinski definition) is 1. The largest absolute Gasteiger partial charge is 0.316 e. The molecule has 0 rings (SSSR count). The third-order valence-corrected chi connectivity index (χ3v) is 4.35. The quantitative estimate of drug-likeness (QED) is 0.581. The lowest BCUT2D eigenvalue weighted by Crippen LogP contribution is -2.40. The Morgan fingerprint density at radius 1 is 1.22 bits per heavy atom. The van der Waals surface area contributed by atoms with Gasteiger partial charge in [0.25, 0.3) is 0 Å². The van der Waals surface area contributed by atoms with Crippen molar-refractivity contribution >= 4 is 11.8 Å². The highest BCUT2D eigenvalue weighted by molar-refractivity contribution is 7.98. The van der Waals surface area contributed by atoms with Gasteiger partial charge >= 0.3 is 0 Å². The molecule has 0 amide bonds. The zero-order chi connectivity index (χ0) is 14.0. The number of thioether (sulfide) groups is 1. The number of rotatable bonds is 11. The summed E-state index contributed by atoms with van der Waals surface area (Å²) < 4.78 is 0. The Morgan fingerprint density at radius 3 is 2.39 bits per heavy atom. The van der Waals surface area contributed by atoms with Crippen LogP contribution in [0.25, 0.3) is 0 Å². The molecule has 0 radical (unpaired) electrons. The Balaban J connectivity index is 3.75. The molecule has 0 aromatic rings. The lowest BCUT2D eigenvalue weighted by Gasteiger charge is -2.32. The standard InChI is InChI=1S/C15H34N2S/c1-7-15(12-18-6)17(5)14(4)9-8-10-16-11-13(2)3/h13-16H,7-12H2,1-6H3. The molecule has 0 aliphatic heterocycles. The van der Waals surface area contributed by atoms with E-state index in [0.717, 1.165) is 25.0 Å². The third kappa shape index (κ3) is 8.39. The fourth-order valence-electron chi connectivity index (χ4n) is 2.19. The zero-order valence-corrected chi connectivity index (χ0v) is 14.1. The van der Waals surface area contributed by atoms with E-state index in [1.165, 1.54) is 25.0 Å². The van der Waals surface area contributed by atoms with E-state index in [1.807, 2.05) is 11.8 Å². The van der Waals surface area contributed by atoms with E-state index >= 15 is 0 Å². The lowest BCUT2D eigenvalue weighted by molar-refractivity contribution is 0.184. The van der Waals surface area contributed by atoms with Crippen LogP contribution in [0.1, 0.15) is 47.0 Å². The van der Waals surface area contributed by atoms with Crippen LogP contribution in [-0.2, 0) is 0 Å². The van der Waals surface area contributed by atoms with Crippen molar-refractivity contribution in [3.8, 4) is 0 Å². The first-order chi connectivity index (χ1) is 8.52. The van der Waals surface area contributed by atoms with E-state index in [0.29, 0.717) is 6.04 Å². The summed E-state index contributed by atoms with van der Waals surface area (Å²) in [6.45, 7) is 11.5. The van der Waals surface area contributed by atoms with Crippen molar-refractivity contribution in [1.29, 1.82) is 0 Å². The molecular formula is C15H34N2S. The van der Waals surface area contributed by atoms with Crippen LogP contribution >= 0.6 is 11.8 Å². The summed E-state index contributed by atoms with van der Waals surface area (Å²) in [5.74, 6) is 2.01. The maximum atomic E-state index is 3.52. The molecular weight excluding hydrogens is 240 g/mol. The van der Waals surface area contributed by atoms with Crippen molar-refractivity contribution in [3.63, 3.8) is 0 Å². The first-order valence-corrected chi connectivity index (χ1v) is 8.83. The minimum absolute atomic E-state index is 0.697. The van der Waals surface area contributed by atoms with Crippen LogP contribution in [-0.4, -0.2) is 49.1 Å². The molecule has 2 unspecified atom stereocenters.